The molecule has 0 spiro atoms. The third kappa shape index (κ3) is 4.34. The maximum absolute atomic E-state index is 13.1. The number of esters is 2. The van der Waals surface area contributed by atoms with Crippen LogP contribution in [0.15, 0.2) is 40.7 Å². The Morgan fingerprint density at radius 3 is 2.03 bits per heavy atom. The molecule has 2 saturated heterocycles. The summed E-state index contributed by atoms with van der Waals surface area (Å²) in [5.41, 5.74) is 1.72. The maximum atomic E-state index is 13.1. The molecule has 1 aromatic rings. The number of carbonyl (C=O) groups excluding carboxylic acids is 2. The lowest BCUT2D eigenvalue weighted by atomic mass is 9.78. The molecule has 3 aliphatic rings. The van der Waals surface area contributed by atoms with E-state index in [1.807, 2.05) is 0 Å². The topological polar surface area (TPSA) is 104 Å². The Kier molecular flexibility index (Phi) is 6.95. The largest absolute Gasteiger partial charge is 0.466 e. The molecule has 9 nitrogen and oxygen atoms in total. The number of rotatable bonds is 4. The van der Waals surface area contributed by atoms with Crippen molar-refractivity contribution in [3.05, 3.63) is 50.8 Å². The van der Waals surface area contributed by atoms with Crippen molar-refractivity contribution in [2.24, 2.45) is 5.92 Å². The van der Waals surface area contributed by atoms with Gasteiger partial charge in [-0.15, -0.1) is 0 Å². The molecule has 0 bridgehead atoms. The van der Waals surface area contributed by atoms with Crippen LogP contribution in [0.1, 0.15) is 27.7 Å². The molecule has 0 aromatic heterocycles. The Bertz CT molecular complexity index is 1090. The molecule has 11 heteroatoms. The average Bonchev–Trinajstić information content (AvgIpc) is 3.26. The van der Waals surface area contributed by atoms with E-state index in [1.54, 1.807) is 50.8 Å². The molecule has 4 rings (SSSR count). The highest BCUT2D eigenvalue weighted by molar-refractivity contribution is 6.42. The summed E-state index contributed by atoms with van der Waals surface area (Å²) in [5.74, 6) is -3.36. The van der Waals surface area contributed by atoms with Gasteiger partial charge in [-0.2, -0.15) is 0 Å². The zero-order valence-electron chi connectivity index (χ0n) is 20.1. The van der Waals surface area contributed by atoms with Crippen molar-refractivity contribution >= 4 is 40.8 Å². The number of carbonyl (C=O) groups is 2. The Labute approximate surface area is 213 Å². The summed E-state index contributed by atoms with van der Waals surface area (Å²) in [6, 6.07) is 4.94. The second kappa shape index (κ2) is 9.38. The molecule has 35 heavy (non-hydrogen) atoms. The van der Waals surface area contributed by atoms with E-state index in [-0.39, 0.29) is 11.1 Å². The van der Waals surface area contributed by atoms with E-state index in [9.17, 15) is 14.7 Å². The van der Waals surface area contributed by atoms with Crippen molar-refractivity contribution in [1.29, 1.82) is 0 Å². The first-order valence-corrected chi connectivity index (χ1v) is 11.7. The van der Waals surface area contributed by atoms with Crippen molar-refractivity contribution in [2.75, 3.05) is 19.1 Å². The molecule has 1 aromatic carbocycles. The van der Waals surface area contributed by atoms with Crippen LogP contribution >= 0.6 is 23.2 Å². The van der Waals surface area contributed by atoms with E-state index in [4.69, 9.17) is 46.9 Å². The number of benzene rings is 1. The molecule has 0 amide bonds. The summed E-state index contributed by atoms with van der Waals surface area (Å²) in [6.45, 7) is 6.83. The van der Waals surface area contributed by atoms with Gasteiger partial charge in [-0.3, -0.25) is 0 Å². The zero-order valence-corrected chi connectivity index (χ0v) is 21.6. The van der Waals surface area contributed by atoms with Crippen molar-refractivity contribution < 1.29 is 38.4 Å². The predicted octanol–water partition coefficient (Wildman–Crippen LogP) is 3.56. The van der Waals surface area contributed by atoms with Crippen LogP contribution in [0.25, 0.3) is 0 Å². The molecule has 3 aliphatic heterocycles. The molecule has 1 N–H and O–H groups in total. The van der Waals surface area contributed by atoms with Crippen LogP contribution in [-0.2, 0) is 33.3 Å². The van der Waals surface area contributed by atoms with Crippen molar-refractivity contribution in [3.63, 3.8) is 0 Å². The fraction of sp³-hybridized carbons (Fsp3) is 0.500. The molecule has 0 radical (unpaired) electrons. The van der Waals surface area contributed by atoms with E-state index in [0.29, 0.717) is 27.1 Å². The summed E-state index contributed by atoms with van der Waals surface area (Å²) < 4.78 is 27.8. The Morgan fingerprint density at radius 1 is 0.971 bits per heavy atom. The summed E-state index contributed by atoms with van der Waals surface area (Å²) in [7, 11) is 2.48. The summed E-state index contributed by atoms with van der Waals surface area (Å²) in [6.07, 6.45) is -3.94. The van der Waals surface area contributed by atoms with Gasteiger partial charge in [-0.05, 0) is 45.9 Å². The lowest BCUT2D eigenvalue weighted by Gasteiger charge is -2.40. The first kappa shape index (κ1) is 25.9. The summed E-state index contributed by atoms with van der Waals surface area (Å²) in [5, 5.41) is 11.8. The van der Waals surface area contributed by atoms with Crippen LogP contribution in [0.4, 0.5) is 5.69 Å². The molecule has 0 aliphatic carbocycles. The van der Waals surface area contributed by atoms with E-state index >= 15 is 0 Å². The second-order valence-corrected chi connectivity index (χ2v) is 9.77. The minimum Gasteiger partial charge on any atom is -0.466 e. The van der Waals surface area contributed by atoms with Gasteiger partial charge in [0.1, 0.15) is 18.3 Å². The lowest BCUT2D eigenvalue weighted by molar-refractivity contribution is -0.218. The summed E-state index contributed by atoms with van der Waals surface area (Å²) >= 11 is 12.4. The molecular formula is C24H27Cl2NO8. The van der Waals surface area contributed by atoms with Gasteiger partial charge in [-0.1, -0.05) is 23.2 Å². The molecule has 3 heterocycles. The fourth-order valence-electron chi connectivity index (χ4n) is 4.99. The minimum atomic E-state index is -1.21. The molecule has 190 valence electrons. The molecule has 2 fully saturated rings. The van der Waals surface area contributed by atoms with Crippen LogP contribution in [0.3, 0.4) is 0 Å². The second-order valence-electron chi connectivity index (χ2n) is 8.95. The van der Waals surface area contributed by atoms with Crippen LogP contribution in [0, 0.1) is 5.92 Å². The number of allylic oxidation sites excluding steroid dienone is 2. The number of hydrogen-bond donors (Lipinski definition) is 1. The number of anilines is 1. The van der Waals surface area contributed by atoms with Crippen molar-refractivity contribution in [1.82, 2.24) is 0 Å². The number of nitrogens with zero attached hydrogens (tertiary/aromatic N) is 1. The highest BCUT2D eigenvalue weighted by Crippen LogP contribution is 2.47. The number of aliphatic hydroxyl groups is 1. The molecule has 0 unspecified atom stereocenters. The SMILES string of the molecule is COC(=O)C1=C(C)N(c2ccc(Cl)c(Cl)c2)C(C)=C(C(=O)OC)C1[C@@H]1O[C@H]2OC(C)(C)O[C@H]2[C@@H]1O. The number of aliphatic hydroxyl groups excluding tert-OH is 1. The standard InChI is InChI=1S/C24H27Cl2NO8/c1-10-15(21(29)31-5)17(19-18(28)20-23(33-19)35-24(3,4)34-20)16(22(30)32-6)11(2)27(10)12-7-8-13(25)14(26)9-12/h7-9,17-20,23,28H,1-6H3/t18-,19+,20+,23+/m1/s1. The van der Waals surface area contributed by atoms with E-state index in [0.717, 1.165) is 0 Å². The number of halogens is 2. The number of fused-ring (bicyclic) bond motifs is 1. The highest BCUT2D eigenvalue weighted by Gasteiger charge is 2.59. The normalized spacial score (nSPS) is 28.4. The number of methoxy groups -OCH3 is 2. The highest BCUT2D eigenvalue weighted by atomic mass is 35.5. The molecule has 0 saturated carbocycles. The third-order valence-corrected chi connectivity index (χ3v) is 7.16. The van der Waals surface area contributed by atoms with Gasteiger partial charge in [0.25, 0.3) is 0 Å². The van der Waals surface area contributed by atoms with Crippen molar-refractivity contribution in [3.8, 4) is 0 Å². The first-order valence-electron chi connectivity index (χ1n) is 10.9. The van der Waals surface area contributed by atoms with Crippen LogP contribution in [0.5, 0.6) is 0 Å². The smallest absolute Gasteiger partial charge is 0.336 e. The van der Waals surface area contributed by atoms with Gasteiger partial charge >= 0.3 is 11.9 Å². The number of hydrogen-bond acceptors (Lipinski definition) is 9. The monoisotopic (exact) mass is 527 g/mol. The van der Waals surface area contributed by atoms with Gasteiger partial charge in [0.05, 0.1) is 41.3 Å². The quantitative estimate of drug-likeness (QED) is 0.588. The number of ether oxygens (including phenoxy) is 5. The molecular weight excluding hydrogens is 501 g/mol. The predicted molar refractivity (Wildman–Crippen MR) is 127 cm³/mol. The zero-order chi connectivity index (χ0) is 25.8. The van der Waals surface area contributed by atoms with Crippen LogP contribution in [-0.4, -0.2) is 61.7 Å². The van der Waals surface area contributed by atoms with Crippen molar-refractivity contribution in [2.45, 2.75) is 58.1 Å². The van der Waals surface area contributed by atoms with E-state index < -0.39 is 48.2 Å². The Morgan fingerprint density at radius 2 is 1.54 bits per heavy atom. The maximum Gasteiger partial charge on any atom is 0.336 e. The molecule has 4 atom stereocenters. The van der Waals surface area contributed by atoms with Gasteiger partial charge < -0.3 is 33.7 Å². The lowest BCUT2D eigenvalue weighted by Crippen LogP contribution is -2.46. The third-order valence-electron chi connectivity index (χ3n) is 6.43. The minimum absolute atomic E-state index is 0.118. The van der Waals surface area contributed by atoms with Crippen LogP contribution < -0.4 is 4.90 Å². The first-order chi connectivity index (χ1) is 16.4. The summed E-state index contributed by atoms with van der Waals surface area (Å²) in [4.78, 5) is 28.0. The van der Waals surface area contributed by atoms with Gasteiger partial charge in [0.2, 0.25) is 0 Å². The van der Waals surface area contributed by atoms with Gasteiger partial charge in [0, 0.05) is 17.1 Å². The van der Waals surface area contributed by atoms with E-state index in [1.165, 1.54) is 14.2 Å². The average molecular weight is 528 g/mol. The fourth-order valence-corrected chi connectivity index (χ4v) is 5.28. The Hall–Kier alpha value is -2.14. The Balaban J connectivity index is 1.88. The van der Waals surface area contributed by atoms with Crippen LogP contribution in [0.2, 0.25) is 10.0 Å². The van der Waals surface area contributed by atoms with E-state index in [2.05, 4.69) is 0 Å². The van der Waals surface area contributed by atoms with Gasteiger partial charge in [-0.25, -0.2) is 9.59 Å². The van der Waals surface area contributed by atoms with Gasteiger partial charge in [0.15, 0.2) is 12.1 Å².